The first-order chi connectivity index (χ1) is 18.5. The summed E-state index contributed by atoms with van der Waals surface area (Å²) in [5.74, 6) is 0.989. The van der Waals surface area contributed by atoms with Crippen molar-refractivity contribution >= 4 is 17.2 Å². The second-order valence-corrected chi connectivity index (χ2v) is 9.33. The molecule has 5 rings (SSSR count). The zero-order valence-electron chi connectivity index (χ0n) is 21.7. The number of pyridine rings is 1. The number of rotatable bonds is 8. The van der Waals surface area contributed by atoms with Gasteiger partial charge in [0.25, 0.3) is 5.69 Å². The topological polar surface area (TPSA) is 93.2 Å². The van der Waals surface area contributed by atoms with Gasteiger partial charge in [0.15, 0.2) is 0 Å². The van der Waals surface area contributed by atoms with Crippen LogP contribution in [0.5, 0.6) is 5.75 Å². The van der Waals surface area contributed by atoms with Crippen molar-refractivity contribution in [2.24, 2.45) is 0 Å². The van der Waals surface area contributed by atoms with Crippen molar-refractivity contribution in [1.29, 1.82) is 0 Å². The molecule has 0 atom stereocenters. The molecule has 1 aliphatic heterocycles. The third kappa shape index (κ3) is 5.24. The maximum absolute atomic E-state index is 12.2. The average Bonchev–Trinajstić information content (AvgIpc) is 3.31. The Morgan fingerprint density at radius 3 is 2.47 bits per heavy atom. The third-order valence-electron chi connectivity index (χ3n) is 6.93. The molecule has 0 bridgehead atoms. The Morgan fingerprint density at radius 1 is 0.974 bits per heavy atom. The Bertz CT molecular complexity index is 1470. The molecule has 38 heavy (non-hydrogen) atoms. The summed E-state index contributed by atoms with van der Waals surface area (Å²) in [6.45, 7) is 7.93. The van der Waals surface area contributed by atoms with Gasteiger partial charge in [0.2, 0.25) is 5.91 Å². The molecule has 1 amide bonds. The van der Waals surface area contributed by atoms with E-state index in [1.165, 1.54) is 6.07 Å². The molecule has 9 nitrogen and oxygen atoms in total. The molecule has 2 aromatic heterocycles. The Morgan fingerprint density at radius 2 is 1.74 bits per heavy atom. The molecule has 3 heterocycles. The smallest absolute Gasteiger partial charge is 0.270 e. The number of fused-ring (bicyclic) bond motifs is 1. The van der Waals surface area contributed by atoms with Crippen molar-refractivity contribution in [3.05, 3.63) is 82.7 Å². The molecule has 0 N–H and O–H groups in total. The van der Waals surface area contributed by atoms with Crippen molar-refractivity contribution in [2.45, 2.75) is 26.8 Å². The molecular formula is C29H31N5O4. The molecule has 1 saturated heterocycles. The van der Waals surface area contributed by atoms with Gasteiger partial charge in [0, 0.05) is 63.0 Å². The lowest BCUT2D eigenvalue weighted by Crippen LogP contribution is -2.48. The number of benzene rings is 2. The van der Waals surface area contributed by atoms with Crippen LogP contribution in [0.15, 0.2) is 66.9 Å². The number of aromatic nitrogens is 2. The highest BCUT2D eigenvalue weighted by molar-refractivity contribution is 5.76. The molecule has 1 fully saturated rings. The van der Waals surface area contributed by atoms with Crippen molar-refractivity contribution in [2.75, 3.05) is 32.8 Å². The molecule has 0 saturated carbocycles. The number of nitrogens with zero attached hydrogens (tertiary/aromatic N) is 5. The van der Waals surface area contributed by atoms with Gasteiger partial charge in [-0.15, -0.1) is 0 Å². The van der Waals surface area contributed by atoms with Crippen LogP contribution in [-0.4, -0.2) is 62.8 Å². The van der Waals surface area contributed by atoms with Crippen LogP contribution in [0.2, 0.25) is 0 Å². The second kappa shape index (κ2) is 11.0. The Labute approximate surface area is 221 Å². The highest BCUT2D eigenvalue weighted by atomic mass is 16.6. The summed E-state index contributed by atoms with van der Waals surface area (Å²) in [7, 11) is 0. The molecule has 0 aliphatic carbocycles. The van der Waals surface area contributed by atoms with Gasteiger partial charge in [-0.25, -0.2) is 4.98 Å². The van der Waals surface area contributed by atoms with E-state index in [-0.39, 0.29) is 16.5 Å². The summed E-state index contributed by atoms with van der Waals surface area (Å²) in [6, 6.07) is 18.6. The number of nitro benzene ring substituents is 1. The van der Waals surface area contributed by atoms with Crippen LogP contribution >= 0.6 is 0 Å². The van der Waals surface area contributed by atoms with Crippen LogP contribution in [0.1, 0.15) is 26.0 Å². The lowest BCUT2D eigenvalue weighted by Gasteiger charge is -2.34. The van der Waals surface area contributed by atoms with Crippen molar-refractivity contribution in [3.8, 4) is 28.1 Å². The number of piperazine rings is 1. The molecule has 196 valence electrons. The van der Waals surface area contributed by atoms with Gasteiger partial charge in [-0.05, 0) is 42.3 Å². The summed E-state index contributed by atoms with van der Waals surface area (Å²) in [4.78, 5) is 32.4. The number of carbonyl (C=O) groups is 1. The van der Waals surface area contributed by atoms with Crippen LogP contribution < -0.4 is 4.74 Å². The molecular weight excluding hydrogens is 482 g/mol. The van der Waals surface area contributed by atoms with Gasteiger partial charge >= 0.3 is 0 Å². The summed E-state index contributed by atoms with van der Waals surface area (Å²) >= 11 is 0. The highest BCUT2D eigenvalue weighted by Gasteiger charge is 2.24. The number of ether oxygens (including phenoxy) is 1. The molecule has 1 aliphatic rings. The normalized spacial score (nSPS) is 14.1. The first-order valence-electron chi connectivity index (χ1n) is 13.0. The largest absolute Gasteiger partial charge is 0.494 e. The van der Waals surface area contributed by atoms with E-state index in [9.17, 15) is 14.9 Å². The second-order valence-electron chi connectivity index (χ2n) is 9.33. The fourth-order valence-electron chi connectivity index (χ4n) is 4.94. The molecule has 0 unspecified atom stereocenters. The summed E-state index contributed by atoms with van der Waals surface area (Å²) in [6.07, 6.45) is 2.58. The van der Waals surface area contributed by atoms with Crippen molar-refractivity contribution in [3.63, 3.8) is 0 Å². The van der Waals surface area contributed by atoms with Gasteiger partial charge < -0.3 is 14.0 Å². The SMILES string of the molecule is CCOc1cccc(-c2ccc3nc(-c4cccc([N+](=O)[O-])c4)c(CN4CCN(C(=O)CC)CC4)n3c2)c1. The quantitative estimate of drug-likeness (QED) is 0.242. The number of hydrogen-bond donors (Lipinski definition) is 0. The lowest BCUT2D eigenvalue weighted by molar-refractivity contribution is -0.384. The summed E-state index contributed by atoms with van der Waals surface area (Å²) < 4.78 is 7.78. The number of hydrogen-bond acceptors (Lipinski definition) is 6. The number of amides is 1. The van der Waals surface area contributed by atoms with Crippen LogP contribution in [0.25, 0.3) is 28.0 Å². The van der Waals surface area contributed by atoms with Gasteiger partial charge in [0.05, 0.1) is 22.9 Å². The van der Waals surface area contributed by atoms with Crippen LogP contribution in [-0.2, 0) is 11.3 Å². The average molecular weight is 514 g/mol. The van der Waals surface area contributed by atoms with E-state index in [1.807, 2.05) is 61.2 Å². The maximum Gasteiger partial charge on any atom is 0.270 e. The van der Waals surface area contributed by atoms with E-state index in [0.29, 0.717) is 38.2 Å². The van der Waals surface area contributed by atoms with Gasteiger partial charge in [-0.3, -0.25) is 19.8 Å². The monoisotopic (exact) mass is 513 g/mol. The third-order valence-corrected chi connectivity index (χ3v) is 6.93. The van der Waals surface area contributed by atoms with E-state index in [1.54, 1.807) is 12.1 Å². The minimum absolute atomic E-state index is 0.0330. The minimum atomic E-state index is -0.383. The molecule has 2 aromatic carbocycles. The van der Waals surface area contributed by atoms with Gasteiger partial charge in [-0.2, -0.15) is 0 Å². The molecule has 9 heteroatoms. The van der Waals surface area contributed by atoms with Crippen molar-refractivity contribution in [1.82, 2.24) is 19.2 Å². The van der Waals surface area contributed by atoms with E-state index in [4.69, 9.17) is 9.72 Å². The Kier molecular flexibility index (Phi) is 7.37. The molecule has 0 radical (unpaired) electrons. The standard InChI is InChI=1S/C29H31N5O4/c1-3-28(35)32-15-13-31(14-16-32)20-26-29(22-8-5-9-24(17-22)34(36)37)30-27-12-11-23(19-33(26)27)21-7-6-10-25(18-21)38-4-2/h5-12,17-19H,3-4,13-16,20H2,1-2H3. The van der Waals surface area contributed by atoms with Gasteiger partial charge in [0.1, 0.15) is 11.4 Å². The number of carbonyl (C=O) groups excluding carboxylic acids is 1. The van der Waals surface area contributed by atoms with Gasteiger partial charge in [-0.1, -0.05) is 31.2 Å². The predicted molar refractivity (Wildman–Crippen MR) is 146 cm³/mol. The van der Waals surface area contributed by atoms with E-state index < -0.39 is 0 Å². The Hall–Kier alpha value is -4.24. The van der Waals surface area contributed by atoms with E-state index in [2.05, 4.69) is 15.5 Å². The first kappa shape index (κ1) is 25.4. The van der Waals surface area contributed by atoms with E-state index in [0.717, 1.165) is 47.0 Å². The van der Waals surface area contributed by atoms with Crippen molar-refractivity contribution < 1.29 is 14.5 Å². The van der Waals surface area contributed by atoms with Crippen LogP contribution in [0, 0.1) is 10.1 Å². The number of non-ortho nitro benzene ring substituents is 1. The minimum Gasteiger partial charge on any atom is -0.494 e. The maximum atomic E-state index is 12.2. The van der Waals surface area contributed by atoms with Crippen LogP contribution in [0.4, 0.5) is 5.69 Å². The number of nitro groups is 1. The van der Waals surface area contributed by atoms with E-state index >= 15 is 0 Å². The zero-order valence-corrected chi connectivity index (χ0v) is 21.7. The zero-order chi connectivity index (χ0) is 26.6. The number of imidazole rings is 1. The lowest BCUT2D eigenvalue weighted by atomic mass is 10.1. The Balaban J connectivity index is 1.56. The fraction of sp³-hybridized carbons (Fsp3) is 0.310. The predicted octanol–water partition coefficient (Wildman–Crippen LogP) is 5.03. The fourth-order valence-corrected chi connectivity index (χ4v) is 4.94. The summed E-state index contributed by atoms with van der Waals surface area (Å²) in [5, 5.41) is 11.5. The molecule has 4 aromatic rings. The van der Waals surface area contributed by atoms with Crippen LogP contribution in [0.3, 0.4) is 0 Å². The molecule has 0 spiro atoms. The highest BCUT2D eigenvalue weighted by Crippen LogP contribution is 2.31. The first-order valence-corrected chi connectivity index (χ1v) is 13.0. The summed E-state index contributed by atoms with van der Waals surface area (Å²) in [5.41, 5.74) is 5.23.